The van der Waals surface area contributed by atoms with E-state index in [1.807, 2.05) is 0 Å². The van der Waals surface area contributed by atoms with Crippen LogP contribution in [0.3, 0.4) is 0 Å². The number of allylic oxidation sites excluding steroid dienone is 8. The first kappa shape index (κ1) is 45.9. The van der Waals surface area contributed by atoms with Crippen LogP contribution in [-0.2, 0) is 9.47 Å². The van der Waals surface area contributed by atoms with Crippen molar-refractivity contribution in [1.29, 1.82) is 0 Å². The van der Waals surface area contributed by atoms with Gasteiger partial charge in [-0.05, 0) is 105 Å². The van der Waals surface area contributed by atoms with Gasteiger partial charge in [0.25, 0.3) is 0 Å². The van der Waals surface area contributed by atoms with E-state index in [0.29, 0.717) is 5.92 Å². The van der Waals surface area contributed by atoms with Crippen molar-refractivity contribution in [3.63, 3.8) is 0 Å². The van der Waals surface area contributed by atoms with Gasteiger partial charge in [0.15, 0.2) is 5.79 Å². The van der Waals surface area contributed by atoms with Crippen LogP contribution in [0.1, 0.15) is 202 Å². The van der Waals surface area contributed by atoms with Crippen molar-refractivity contribution in [2.75, 3.05) is 20.7 Å². The molecule has 49 heavy (non-hydrogen) atoms. The molecule has 1 aliphatic rings. The smallest absolute Gasteiger partial charge is 0.168 e. The van der Waals surface area contributed by atoms with E-state index >= 15 is 0 Å². The largest absolute Gasteiger partial charge is 0.347 e. The monoisotopic (exact) mass is 684 g/mol. The van der Waals surface area contributed by atoms with Crippen LogP contribution in [0.5, 0.6) is 0 Å². The van der Waals surface area contributed by atoms with E-state index in [1.54, 1.807) is 0 Å². The van der Waals surface area contributed by atoms with Gasteiger partial charge in [-0.15, -0.1) is 0 Å². The maximum atomic E-state index is 6.92. The van der Waals surface area contributed by atoms with Crippen LogP contribution in [-0.4, -0.2) is 43.0 Å². The highest BCUT2D eigenvalue weighted by Gasteiger charge is 2.46. The van der Waals surface area contributed by atoms with E-state index in [4.69, 9.17) is 9.47 Å². The highest BCUT2D eigenvalue weighted by atomic mass is 16.7. The third-order valence-corrected chi connectivity index (χ3v) is 11.2. The molecule has 1 aliphatic heterocycles. The van der Waals surface area contributed by atoms with E-state index in [-0.39, 0.29) is 17.4 Å². The lowest BCUT2D eigenvalue weighted by atomic mass is 9.84. The summed E-state index contributed by atoms with van der Waals surface area (Å²) in [5.41, 5.74) is 0.0738. The summed E-state index contributed by atoms with van der Waals surface area (Å²) in [5.74, 6) is 0.0438. The van der Waals surface area contributed by atoms with Gasteiger partial charge < -0.3 is 14.4 Å². The standard InChI is InChI=1S/C46H85NO2/c1-8-10-12-14-16-18-20-22-24-26-28-30-32-34-36-38-40-46(48-42-44(49-46)43(3)45(4,5)47(6)7)41-39-37-35-33-31-29-27-25-23-21-19-17-15-13-11-9-2/h16-19,22-25,43-44H,8-15,20-21,26-42H2,1-7H3/b18-16-,19-17-,24-22-,25-23-. The summed E-state index contributed by atoms with van der Waals surface area (Å²) in [5, 5.41) is 0. The first-order valence-electron chi connectivity index (χ1n) is 21.4. The molecule has 0 spiro atoms. The zero-order valence-electron chi connectivity index (χ0n) is 34.1. The Morgan fingerprint density at radius 2 is 0.939 bits per heavy atom. The minimum absolute atomic E-state index is 0.0738. The second kappa shape index (κ2) is 30.5. The third kappa shape index (κ3) is 23.1. The summed E-state index contributed by atoms with van der Waals surface area (Å²) in [6, 6.07) is 0. The van der Waals surface area contributed by atoms with E-state index in [1.165, 1.54) is 141 Å². The second-order valence-electron chi connectivity index (χ2n) is 15.9. The molecule has 0 aliphatic carbocycles. The van der Waals surface area contributed by atoms with Crippen LogP contribution in [0, 0.1) is 5.92 Å². The molecule has 1 fully saturated rings. The van der Waals surface area contributed by atoms with Crippen molar-refractivity contribution in [3.8, 4) is 0 Å². The zero-order chi connectivity index (χ0) is 35.9. The number of ether oxygens (including phenoxy) is 2. The van der Waals surface area contributed by atoms with Crippen molar-refractivity contribution in [2.24, 2.45) is 5.92 Å². The molecular weight excluding hydrogens is 599 g/mol. The van der Waals surface area contributed by atoms with Crippen molar-refractivity contribution in [2.45, 2.75) is 219 Å². The molecule has 2 unspecified atom stereocenters. The zero-order valence-corrected chi connectivity index (χ0v) is 34.1. The molecule has 1 rings (SSSR count). The van der Waals surface area contributed by atoms with Crippen LogP contribution in [0.4, 0.5) is 0 Å². The van der Waals surface area contributed by atoms with E-state index in [9.17, 15) is 0 Å². The molecule has 0 bridgehead atoms. The van der Waals surface area contributed by atoms with Crippen molar-refractivity contribution >= 4 is 0 Å². The highest BCUT2D eigenvalue weighted by molar-refractivity contribution is 4.94. The predicted octanol–water partition coefficient (Wildman–Crippen LogP) is 14.5. The number of unbranched alkanes of at least 4 members (excludes halogenated alkanes) is 18. The molecule has 2 atom stereocenters. The first-order valence-corrected chi connectivity index (χ1v) is 21.4. The summed E-state index contributed by atoms with van der Waals surface area (Å²) in [4.78, 5) is 2.34. The fourth-order valence-corrected chi connectivity index (χ4v) is 6.84. The van der Waals surface area contributed by atoms with Crippen LogP contribution in [0.25, 0.3) is 0 Å². The summed E-state index contributed by atoms with van der Waals surface area (Å²) >= 11 is 0. The quantitative estimate of drug-likeness (QED) is 0.0508. The molecule has 0 N–H and O–H groups in total. The molecular formula is C46H85NO2. The number of hydrogen-bond acceptors (Lipinski definition) is 3. The van der Waals surface area contributed by atoms with Gasteiger partial charge in [-0.25, -0.2) is 0 Å². The fraction of sp³-hybridized carbons (Fsp3) is 0.826. The van der Waals surface area contributed by atoms with Crippen molar-refractivity contribution in [1.82, 2.24) is 4.90 Å². The first-order chi connectivity index (χ1) is 23.8. The fourth-order valence-electron chi connectivity index (χ4n) is 6.84. The molecule has 3 heteroatoms. The molecule has 1 heterocycles. The molecule has 3 nitrogen and oxygen atoms in total. The molecule has 1 saturated heterocycles. The van der Waals surface area contributed by atoms with Crippen LogP contribution < -0.4 is 0 Å². The van der Waals surface area contributed by atoms with Gasteiger partial charge in [-0.1, -0.05) is 146 Å². The van der Waals surface area contributed by atoms with Crippen LogP contribution in [0.2, 0.25) is 0 Å². The Kier molecular flexibility index (Phi) is 28.5. The number of hydrogen-bond donors (Lipinski definition) is 0. The van der Waals surface area contributed by atoms with Gasteiger partial charge in [-0.3, -0.25) is 0 Å². The maximum Gasteiger partial charge on any atom is 0.168 e. The SMILES string of the molecule is CCCCC/C=C\C/C=C\CCCCCCCCC1(CCCCCCCC/C=C\C/C=C\CCCCC)OCC(C(C)C(C)(C)N(C)C)O1. The Labute approximate surface area is 307 Å². The lowest BCUT2D eigenvalue weighted by molar-refractivity contribution is -0.187. The van der Waals surface area contributed by atoms with Crippen LogP contribution >= 0.6 is 0 Å². The Balaban J connectivity index is 2.32. The summed E-state index contributed by atoms with van der Waals surface area (Å²) in [7, 11) is 4.38. The lowest BCUT2D eigenvalue weighted by Crippen LogP contribution is -2.49. The molecule has 0 radical (unpaired) electrons. The molecule has 0 saturated carbocycles. The number of rotatable bonds is 33. The predicted molar refractivity (Wildman–Crippen MR) is 218 cm³/mol. The lowest BCUT2D eigenvalue weighted by Gasteiger charge is -2.41. The average Bonchev–Trinajstić information content (AvgIpc) is 3.51. The van der Waals surface area contributed by atoms with Gasteiger partial charge in [0.05, 0.1) is 12.7 Å². The minimum Gasteiger partial charge on any atom is -0.347 e. The summed E-state index contributed by atoms with van der Waals surface area (Å²) < 4.78 is 13.6. The van der Waals surface area contributed by atoms with Gasteiger partial charge in [0.1, 0.15) is 0 Å². The Hall–Kier alpha value is -1.16. The van der Waals surface area contributed by atoms with E-state index < -0.39 is 0 Å². The summed E-state index contributed by atoms with van der Waals surface area (Å²) in [6.45, 7) is 12.3. The van der Waals surface area contributed by atoms with Gasteiger partial charge in [0.2, 0.25) is 0 Å². The van der Waals surface area contributed by atoms with Gasteiger partial charge in [-0.2, -0.15) is 0 Å². The maximum absolute atomic E-state index is 6.92. The second-order valence-corrected chi connectivity index (χ2v) is 15.9. The molecule has 0 aromatic heterocycles. The molecule has 286 valence electrons. The van der Waals surface area contributed by atoms with Crippen molar-refractivity contribution < 1.29 is 9.47 Å². The van der Waals surface area contributed by atoms with E-state index in [2.05, 4.69) is 102 Å². The van der Waals surface area contributed by atoms with E-state index in [0.717, 1.165) is 32.3 Å². The molecule has 0 aromatic carbocycles. The van der Waals surface area contributed by atoms with Gasteiger partial charge in [0, 0.05) is 24.3 Å². The Morgan fingerprint density at radius 3 is 1.33 bits per heavy atom. The average molecular weight is 684 g/mol. The molecule has 0 amide bonds. The van der Waals surface area contributed by atoms with Gasteiger partial charge >= 0.3 is 0 Å². The Morgan fingerprint density at radius 1 is 0.571 bits per heavy atom. The normalized spacial score (nSPS) is 17.7. The molecule has 0 aromatic rings. The highest BCUT2D eigenvalue weighted by Crippen LogP contribution is 2.39. The summed E-state index contributed by atoms with van der Waals surface area (Å²) in [6.07, 6.45) is 52.0. The Bertz CT molecular complexity index is 805. The number of nitrogens with zero attached hydrogens (tertiary/aromatic N) is 1. The minimum atomic E-state index is -0.369. The van der Waals surface area contributed by atoms with Crippen molar-refractivity contribution in [3.05, 3.63) is 48.6 Å². The topological polar surface area (TPSA) is 21.7 Å². The van der Waals surface area contributed by atoms with Crippen LogP contribution in [0.15, 0.2) is 48.6 Å². The third-order valence-electron chi connectivity index (χ3n) is 11.2.